The molecule has 15 heavy (non-hydrogen) atoms. The minimum Gasteiger partial charge on any atom is -0.289 e. The van der Waals surface area contributed by atoms with Crippen LogP contribution < -0.4 is 0 Å². The Morgan fingerprint density at radius 3 is 2.13 bits per heavy atom. The number of carbonyl (C=O) groups is 2. The van der Waals surface area contributed by atoms with Crippen molar-refractivity contribution in [3.8, 4) is 0 Å². The highest BCUT2D eigenvalue weighted by Crippen LogP contribution is 2.16. The second-order valence-corrected chi connectivity index (χ2v) is 3.90. The number of carbonyl (C=O) groups excluding carboxylic acids is 2. The van der Waals surface area contributed by atoms with E-state index < -0.39 is 11.6 Å². The number of alkyl halides is 1. The molecule has 0 atom stereocenters. The Bertz CT molecular complexity index is 422. The average molecular weight is 225 g/mol. The molecule has 0 aliphatic heterocycles. The van der Waals surface area contributed by atoms with Gasteiger partial charge in [0.2, 0.25) is 11.6 Å². The van der Waals surface area contributed by atoms with E-state index in [0.29, 0.717) is 5.56 Å². The second-order valence-electron chi connectivity index (χ2n) is 3.64. The summed E-state index contributed by atoms with van der Waals surface area (Å²) in [4.78, 5) is 22.8. The molecular weight excluding hydrogens is 212 g/mol. The lowest BCUT2D eigenvalue weighted by Crippen LogP contribution is -2.16. The van der Waals surface area contributed by atoms with Crippen LogP contribution in [0.15, 0.2) is 12.1 Å². The maximum atomic E-state index is 11.6. The van der Waals surface area contributed by atoms with E-state index in [1.165, 1.54) is 0 Å². The highest BCUT2D eigenvalue weighted by Gasteiger charge is 2.17. The van der Waals surface area contributed by atoms with Crippen molar-refractivity contribution >= 4 is 23.2 Å². The Kier molecular flexibility index (Phi) is 3.64. The molecule has 0 aliphatic rings. The van der Waals surface area contributed by atoms with E-state index in [1.807, 2.05) is 26.8 Å². The zero-order valence-corrected chi connectivity index (χ0v) is 9.81. The summed E-state index contributed by atoms with van der Waals surface area (Å²) in [6.07, 6.45) is 0. The highest BCUT2D eigenvalue weighted by molar-refractivity contribution is 6.51. The SMILES string of the molecule is Cc1cc(C)c(C(=O)C(=O)CCl)cc1C. The van der Waals surface area contributed by atoms with Crippen LogP contribution in [0.1, 0.15) is 27.0 Å². The van der Waals surface area contributed by atoms with Crippen LogP contribution in [0.4, 0.5) is 0 Å². The van der Waals surface area contributed by atoms with E-state index in [0.717, 1.165) is 16.7 Å². The molecule has 80 valence electrons. The molecule has 0 heterocycles. The van der Waals surface area contributed by atoms with Gasteiger partial charge in [-0.1, -0.05) is 6.07 Å². The smallest absolute Gasteiger partial charge is 0.230 e. The molecule has 0 spiro atoms. The first-order chi connectivity index (χ1) is 6.97. The number of halogens is 1. The van der Waals surface area contributed by atoms with Gasteiger partial charge in [0.25, 0.3) is 0 Å². The maximum Gasteiger partial charge on any atom is 0.230 e. The van der Waals surface area contributed by atoms with Gasteiger partial charge in [-0.15, -0.1) is 11.6 Å². The standard InChI is InChI=1S/C12H13ClO2/c1-7-4-9(3)10(5-8(7)2)12(15)11(14)6-13/h4-5H,6H2,1-3H3. The van der Waals surface area contributed by atoms with E-state index in [4.69, 9.17) is 11.6 Å². The average Bonchev–Trinajstić information content (AvgIpc) is 2.21. The van der Waals surface area contributed by atoms with Gasteiger partial charge in [0.05, 0.1) is 5.88 Å². The molecule has 0 radical (unpaired) electrons. The van der Waals surface area contributed by atoms with E-state index in [2.05, 4.69) is 0 Å². The molecule has 1 rings (SSSR count). The minimum atomic E-state index is -0.553. The molecule has 0 amide bonds. The zero-order valence-electron chi connectivity index (χ0n) is 9.06. The van der Waals surface area contributed by atoms with Crippen LogP contribution in [-0.2, 0) is 4.79 Å². The lowest BCUT2D eigenvalue weighted by atomic mass is 9.97. The van der Waals surface area contributed by atoms with Crippen LogP contribution in [0.25, 0.3) is 0 Å². The lowest BCUT2D eigenvalue weighted by Gasteiger charge is -2.07. The monoisotopic (exact) mass is 224 g/mol. The first-order valence-corrected chi connectivity index (χ1v) is 5.22. The quantitative estimate of drug-likeness (QED) is 0.449. The number of benzene rings is 1. The fourth-order valence-electron chi connectivity index (χ4n) is 1.42. The summed E-state index contributed by atoms with van der Waals surface area (Å²) in [5.41, 5.74) is 3.40. The summed E-state index contributed by atoms with van der Waals surface area (Å²) >= 11 is 5.35. The van der Waals surface area contributed by atoms with E-state index in [-0.39, 0.29) is 5.88 Å². The third-order valence-electron chi connectivity index (χ3n) is 2.46. The molecule has 2 nitrogen and oxygen atoms in total. The minimum absolute atomic E-state index is 0.259. The van der Waals surface area contributed by atoms with Gasteiger partial charge in [0.15, 0.2) is 0 Å². The fraction of sp³-hybridized carbons (Fsp3) is 0.333. The zero-order chi connectivity index (χ0) is 11.6. The van der Waals surface area contributed by atoms with Crippen molar-refractivity contribution in [3.63, 3.8) is 0 Å². The van der Waals surface area contributed by atoms with Gasteiger partial charge >= 0.3 is 0 Å². The van der Waals surface area contributed by atoms with E-state index in [1.54, 1.807) is 6.07 Å². The lowest BCUT2D eigenvalue weighted by molar-refractivity contribution is -0.112. The molecule has 0 aliphatic carbocycles. The summed E-state index contributed by atoms with van der Waals surface area (Å²) in [5.74, 6) is -1.31. The normalized spacial score (nSPS) is 10.1. The van der Waals surface area contributed by atoms with Crippen LogP contribution in [0.3, 0.4) is 0 Å². The predicted octanol–water partition coefficient (Wildman–Crippen LogP) is 2.60. The van der Waals surface area contributed by atoms with Gasteiger partial charge in [-0.05, 0) is 43.5 Å². The van der Waals surface area contributed by atoms with Gasteiger partial charge in [0, 0.05) is 5.56 Å². The third-order valence-corrected chi connectivity index (χ3v) is 2.70. The first-order valence-electron chi connectivity index (χ1n) is 4.68. The molecule has 0 saturated carbocycles. The molecule has 1 aromatic carbocycles. The summed E-state index contributed by atoms with van der Waals surface area (Å²) < 4.78 is 0. The molecule has 0 unspecified atom stereocenters. The summed E-state index contributed by atoms with van der Waals surface area (Å²) in [7, 11) is 0. The molecule has 0 saturated heterocycles. The highest BCUT2D eigenvalue weighted by atomic mass is 35.5. The number of ketones is 2. The number of rotatable bonds is 3. The molecule has 0 N–H and O–H groups in total. The number of Topliss-reactive ketones (excluding diaryl/α,β-unsaturated/α-hetero) is 2. The Morgan fingerprint density at radius 1 is 1.07 bits per heavy atom. The van der Waals surface area contributed by atoms with Gasteiger partial charge < -0.3 is 0 Å². The molecule has 3 heteroatoms. The van der Waals surface area contributed by atoms with Crippen LogP contribution in [0, 0.1) is 20.8 Å². The van der Waals surface area contributed by atoms with Crippen LogP contribution in [-0.4, -0.2) is 17.4 Å². The fourth-order valence-corrected chi connectivity index (χ4v) is 1.54. The number of hydrogen-bond acceptors (Lipinski definition) is 2. The van der Waals surface area contributed by atoms with Crippen LogP contribution in [0.2, 0.25) is 0 Å². The summed E-state index contributed by atoms with van der Waals surface area (Å²) in [6, 6.07) is 3.65. The van der Waals surface area contributed by atoms with Gasteiger partial charge in [-0.3, -0.25) is 9.59 Å². The maximum absolute atomic E-state index is 11.6. The van der Waals surface area contributed by atoms with Gasteiger partial charge in [-0.2, -0.15) is 0 Å². The Balaban J connectivity index is 3.21. The molecule has 0 aromatic heterocycles. The molecular formula is C12H13ClO2. The molecule has 1 aromatic rings. The van der Waals surface area contributed by atoms with Crippen molar-refractivity contribution in [3.05, 3.63) is 34.4 Å². The first kappa shape index (κ1) is 11.9. The Labute approximate surface area is 94.2 Å². The number of hydrogen-bond donors (Lipinski definition) is 0. The Morgan fingerprint density at radius 2 is 1.60 bits per heavy atom. The van der Waals surface area contributed by atoms with Crippen molar-refractivity contribution in [2.75, 3.05) is 5.88 Å². The summed E-state index contributed by atoms with van der Waals surface area (Å²) in [5, 5.41) is 0. The van der Waals surface area contributed by atoms with Crippen molar-refractivity contribution < 1.29 is 9.59 Å². The third kappa shape index (κ3) is 2.45. The topological polar surface area (TPSA) is 34.1 Å². The van der Waals surface area contributed by atoms with E-state index >= 15 is 0 Å². The summed E-state index contributed by atoms with van der Waals surface area (Å²) in [6.45, 7) is 5.71. The largest absolute Gasteiger partial charge is 0.289 e. The van der Waals surface area contributed by atoms with Crippen molar-refractivity contribution in [2.45, 2.75) is 20.8 Å². The second kappa shape index (κ2) is 4.58. The Hall–Kier alpha value is -1.15. The number of aryl methyl sites for hydroxylation is 3. The van der Waals surface area contributed by atoms with Gasteiger partial charge in [0.1, 0.15) is 0 Å². The van der Waals surface area contributed by atoms with Crippen molar-refractivity contribution in [1.82, 2.24) is 0 Å². The molecule has 0 fully saturated rings. The van der Waals surface area contributed by atoms with Crippen molar-refractivity contribution in [1.29, 1.82) is 0 Å². The van der Waals surface area contributed by atoms with E-state index in [9.17, 15) is 9.59 Å². The molecule has 0 bridgehead atoms. The predicted molar refractivity (Wildman–Crippen MR) is 60.7 cm³/mol. The van der Waals surface area contributed by atoms with Crippen molar-refractivity contribution in [2.24, 2.45) is 0 Å². The van der Waals surface area contributed by atoms with Gasteiger partial charge in [-0.25, -0.2) is 0 Å². The van der Waals surface area contributed by atoms with Crippen LogP contribution in [0.5, 0.6) is 0 Å². The van der Waals surface area contributed by atoms with Crippen LogP contribution >= 0.6 is 11.6 Å².